The van der Waals surface area contributed by atoms with Crippen LogP contribution >= 0.6 is 0 Å². The lowest BCUT2D eigenvalue weighted by Crippen LogP contribution is -2.10. The zero-order valence-corrected chi connectivity index (χ0v) is 7.82. The standard InChI is InChI=1S/C8H11N5O/c1-9-3-2-7-12-8(14-13-7)6-4-10-11-5-6/h4-5,9H,2-3H2,1H3,(H,10,11). The van der Waals surface area contributed by atoms with Crippen molar-refractivity contribution < 1.29 is 4.52 Å². The van der Waals surface area contributed by atoms with Gasteiger partial charge >= 0.3 is 0 Å². The van der Waals surface area contributed by atoms with Crippen LogP contribution in [0.2, 0.25) is 0 Å². The van der Waals surface area contributed by atoms with Crippen molar-refractivity contribution in [1.29, 1.82) is 0 Å². The van der Waals surface area contributed by atoms with Gasteiger partial charge in [0.15, 0.2) is 5.82 Å². The lowest BCUT2D eigenvalue weighted by Gasteiger charge is -1.90. The quantitative estimate of drug-likeness (QED) is 0.726. The minimum atomic E-state index is 0.504. The van der Waals surface area contributed by atoms with Gasteiger partial charge in [0.05, 0.1) is 11.8 Å². The van der Waals surface area contributed by atoms with E-state index in [-0.39, 0.29) is 0 Å². The highest BCUT2D eigenvalue weighted by Crippen LogP contribution is 2.14. The average Bonchev–Trinajstić information content (AvgIpc) is 2.85. The SMILES string of the molecule is CNCCc1noc(-c2cn[nH]c2)n1. The third kappa shape index (κ3) is 1.80. The van der Waals surface area contributed by atoms with E-state index in [1.54, 1.807) is 12.4 Å². The number of rotatable bonds is 4. The molecule has 2 aromatic heterocycles. The van der Waals surface area contributed by atoms with E-state index in [9.17, 15) is 0 Å². The molecule has 2 N–H and O–H groups in total. The van der Waals surface area contributed by atoms with Crippen molar-refractivity contribution >= 4 is 0 Å². The zero-order chi connectivity index (χ0) is 9.80. The van der Waals surface area contributed by atoms with E-state index in [2.05, 4.69) is 25.7 Å². The molecule has 0 atom stereocenters. The van der Waals surface area contributed by atoms with E-state index < -0.39 is 0 Å². The van der Waals surface area contributed by atoms with Gasteiger partial charge in [-0.15, -0.1) is 0 Å². The summed E-state index contributed by atoms with van der Waals surface area (Å²) in [6, 6.07) is 0. The topological polar surface area (TPSA) is 79.6 Å². The predicted octanol–water partition coefficient (Wildman–Crippen LogP) is 0.222. The molecule has 0 aliphatic rings. The fraction of sp³-hybridized carbons (Fsp3) is 0.375. The summed E-state index contributed by atoms with van der Waals surface area (Å²) in [5, 5.41) is 13.4. The molecule has 0 fully saturated rings. The number of hydrogen-bond acceptors (Lipinski definition) is 5. The van der Waals surface area contributed by atoms with Gasteiger partial charge in [-0.25, -0.2) is 0 Å². The van der Waals surface area contributed by atoms with Crippen LogP contribution in [0, 0.1) is 0 Å². The smallest absolute Gasteiger partial charge is 0.261 e. The maximum absolute atomic E-state index is 5.06. The van der Waals surface area contributed by atoms with Crippen LogP contribution in [0.15, 0.2) is 16.9 Å². The summed E-state index contributed by atoms with van der Waals surface area (Å²) in [5.41, 5.74) is 0.813. The largest absolute Gasteiger partial charge is 0.334 e. The van der Waals surface area contributed by atoms with E-state index in [4.69, 9.17) is 4.52 Å². The summed E-state index contributed by atoms with van der Waals surface area (Å²) >= 11 is 0. The third-order valence-corrected chi connectivity index (χ3v) is 1.81. The molecule has 6 nitrogen and oxygen atoms in total. The Kier molecular flexibility index (Phi) is 2.55. The highest BCUT2D eigenvalue weighted by molar-refractivity contribution is 5.48. The zero-order valence-electron chi connectivity index (χ0n) is 7.82. The second-order valence-corrected chi connectivity index (χ2v) is 2.86. The number of nitrogens with zero attached hydrogens (tertiary/aromatic N) is 3. The number of aromatic amines is 1. The van der Waals surface area contributed by atoms with Crippen molar-refractivity contribution in [1.82, 2.24) is 25.7 Å². The number of aromatic nitrogens is 4. The van der Waals surface area contributed by atoms with Crippen molar-refractivity contribution in [3.63, 3.8) is 0 Å². The molecule has 2 heterocycles. The van der Waals surface area contributed by atoms with Crippen LogP contribution in [0.25, 0.3) is 11.5 Å². The van der Waals surface area contributed by atoms with Gasteiger partial charge in [-0.1, -0.05) is 5.16 Å². The Labute approximate surface area is 80.7 Å². The molecule has 2 aromatic rings. The molecule has 0 aromatic carbocycles. The van der Waals surface area contributed by atoms with E-state index >= 15 is 0 Å². The monoisotopic (exact) mass is 193 g/mol. The van der Waals surface area contributed by atoms with Gasteiger partial charge in [-0.2, -0.15) is 10.1 Å². The third-order valence-electron chi connectivity index (χ3n) is 1.81. The number of hydrogen-bond donors (Lipinski definition) is 2. The molecule has 0 amide bonds. The molecule has 0 aliphatic heterocycles. The predicted molar refractivity (Wildman–Crippen MR) is 49.5 cm³/mol. The minimum Gasteiger partial charge on any atom is -0.334 e. The van der Waals surface area contributed by atoms with Crippen LogP contribution in [0.4, 0.5) is 0 Å². The van der Waals surface area contributed by atoms with Gasteiger partial charge in [-0.3, -0.25) is 5.10 Å². The van der Waals surface area contributed by atoms with Gasteiger partial charge in [-0.05, 0) is 7.05 Å². The van der Waals surface area contributed by atoms with E-state index in [1.807, 2.05) is 7.05 Å². The fourth-order valence-corrected chi connectivity index (χ4v) is 1.08. The number of nitrogens with one attached hydrogen (secondary N) is 2. The molecule has 0 aliphatic carbocycles. The highest BCUT2D eigenvalue weighted by Gasteiger charge is 2.08. The fourth-order valence-electron chi connectivity index (χ4n) is 1.08. The first kappa shape index (κ1) is 8.89. The van der Waals surface area contributed by atoms with E-state index in [0.29, 0.717) is 11.7 Å². The summed E-state index contributed by atoms with van der Waals surface area (Å²) in [5.74, 6) is 1.21. The molecule has 14 heavy (non-hydrogen) atoms. The minimum absolute atomic E-state index is 0.504. The summed E-state index contributed by atoms with van der Waals surface area (Å²) in [4.78, 5) is 4.21. The number of H-pyrrole nitrogens is 1. The Balaban J connectivity index is 2.10. The van der Waals surface area contributed by atoms with Crippen molar-refractivity contribution in [3.8, 4) is 11.5 Å². The Morgan fingerprint density at radius 3 is 3.21 bits per heavy atom. The van der Waals surface area contributed by atoms with Crippen molar-refractivity contribution in [2.75, 3.05) is 13.6 Å². The molecular formula is C8H11N5O. The van der Waals surface area contributed by atoms with Gasteiger partial charge in [0.1, 0.15) is 0 Å². The molecule has 0 unspecified atom stereocenters. The molecule has 0 spiro atoms. The van der Waals surface area contributed by atoms with Gasteiger partial charge in [0.2, 0.25) is 0 Å². The van der Waals surface area contributed by atoms with E-state index in [0.717, 1.165) is 18.5 Å². The second-order valence-electron chi connectivity index (χ2n) is 2.86. The first-order valence-electron chi connectivity index (χ1n) is 4.36. The molecule has 0 radical (unpaired) electrons. The molecule has 74 valence electrons. The Morgan fingerprint density at radius 2 is 2.50 bits per heavy atom. The lowest BCUT2D eigenvalue weighted by molar-refractivity contribution is 0.422. The molecule has 0 saturated heterocycles. The van der Waals surface area contributed by atoms with Crippen LogP contribution < -0.4 is 5.32 Å². The Hall–Kier alpha value is -1.69. The van der Waals surface area contributed by atoms with Crippen LogP contribution in [-0.2, 0) is 6.42 Å². The summed E-state index contributed by atoms with van der Waals surface area (Å²) in [7, 11) is 1.89. The van der Waals surface area contributed by atoms with Crippen molar-refractivity contribution in [2.45, 2.75) is 6.42 Å². The number of likely N-dealkylation sites (N-methyl/N-ethyl adjacent to an activating group) is 1. The maximum Gasteiger partial charge on any atom is 0.261 e. The van der Waals surface area contributed by atoms with Crippen LogP contribution in [0.5, 0.6) is 0 Å². The highest BCUT2D eigenvalue weighted by atomic mass is 16.5. The second kappa shape index (κ2) is 4.01. The van der Waals surface area contributed by atoms with Crippen LogP contribution in [0.1, 0.15) is 5.82 Å². The van der Waals surface area contributed by atoms with Crippen LogP contribution in [-0.4, -0.2) is 33.9 Å². The normalized spacial score (nSPS) is 10.6. The maximum atomic E-state index is 5.06. The van der Waals surface area contributed by atoms with Gasteiger partial charge < -0.3 is 9.84 Å². The lowest BCUT2D eigenvalue weighted by atomic mass is 10.3. The summed E-state index contributed by atoms with van der Waals surface area (Å²) < 4.78 is 5.06. The molecule has 6 heteroatoms. The van der Waals surface area contributed by atoms with E-state index in [1.165, 1.54) is 0 Å². The molecular weight excluding hydrogens is 182 g/mol. The van der Waals surface area contributed by atoms with Gasteiger partial charge in [0, 0.05) is 19.2 Å². The van der Waals surface area contributed by atoms with Crippen molar-refractivity contribution in [3.05, 3.63) is 18.2 Å². The summed E-state index contributed by atoms with van der Waals surface area (Å²) in [6.45, 7) is 0.838. The Morgan fingerprint density at radius 1 is 1.57 bits per heavy atom. The first-order chi connectivity index (χ1) is 6.90. The molecule has 2 rings (SSSR count). The van der Waals surface area contributed by atoms with Crippen LogP contribution in [0.3, 0.4) is 0 Å². The van der Waals surface area contributed by atoms with Crippen molar-refractivity contribution in [2.24, 2.45) is 0 Å². The molecule has 0 saturated carbocycles. The first-order valence-corrected chi connectivity index (χ1v) is 4.36. The summed E-state index contributed by atoms with van der Waals surface area (Å²) in [6.07, 6.45) is 4.13. The Bertz CT molecular complexity index is 380. The van der Waals surface area contributed by atoms with Gasteiger partial charge in [0.25, 0.3) is 5.89 Å². The average molecular weight is 193 g/mol. The molecule has 0 bridgehead atoms.